The number of fused-ring (bicyclic) bond motifs is 1. The first kappa shape index (κ1) is 26.1. The Morgan fingerprint density at radius 3 is 2.47 bits per heavy atom. The summed E-state index contributed by atoms with van der Waals surface area (Å²) in [6.45, 7) is -0.526. The second-order valence-electron chi connectivity index (χ2n) is 9.44. The van der Waals surface area contributed by atoms with E-state index in [1.54, 1.807) is 30.3 Å². The van der Waals surface area contributed by atoms with Crippen LogP contribution in [-0.2, 0) is 19.1 Å². The zero-order valence-electron chi connectivity index (χ0n) is 20.2. The molecule has 1 heterocycles. The lowest BCUT2D eigenvalue weighted by molar-refractivity contribution is -0.122. The minimum absolute atomic E-state index is 0.134. The third kappa shape index (κ3) is 5.37. The van der Waals surface area contributed by atoms with E-state index in [1.807, 2.05) is 18.2 Å². The predicted molar refractivity (Wildman–Crippen MR) is 147 cm³/mol. The van der Waals surface area contributed by atoms with Crippen molar-refractivity contribution in [3.63, 3.8) is 0 Å². The number of benzene rings is 3. The number of hydrogen-bond acceptors (Lipinski definition) is 5. The molecule has 1 aliphatic heterocycles. The molecule has 2 fully saturated rings. The fourth-order valence-corrected chi connectivity index (χ4v) is 5.95. The Morgan fingerprint density at radius 2 is 1.71 bits per heavy atom. The minimum atomic E-state index is -0.746. The lowest BCUT2D eigenvalue weighted by atomic mass is 9.73. The van der Waals surface area contributed by atoms with Crippen molar-refractivity contribution >= 4 is 62.6 Å². The Kier molecular flexibility index (Phi) is 7.63. The lowest BCUT2D eigenvalue weighted by Gasteiger charge is -2.28. The number of carbonyl (C=O) groups is 4. The maximum atomic E-state index is 13.4. The molecule has 0 aromatic heterocycles. The summed E-state index contributed by atoms with van der Waals surface area (Å²) in [4.78, 5) is 52.7. The van der Waals surface area contributed by atoms with Crippen LogP contribution in [0.2, 0.25) is 5.02 Å². The van der Waals surface area contributed by atoms with Gasteiger partial charge in [-0.1, -0.05) is 63.9 Å². The Balaban J connectivity index is 1.24. The van der Waals surface area contributed by atoms with E-state index >= 15 is 0 Å². The number of nitrogens with zero attached hydrogens (tertiary/aromatic N) is 1. The van der Waals surface area contributed by atoms with Crippen molar-refractivity contribution < 1.29 is 23.9 Å². The molecule has 1 aliphatic carbocycles. The van der Waals surface area contributed by atoms with E-state index in [1.165, 1.54) is 22.6 Å². The van der Waals surface area contributed by atoms with Crippen LogP contribution in [0.5, 0.6) is 0 Å². The van der Waals surface area contributed by atoms with Crippen molar-refractivity contribution in [1.29, 1.82) is 0 Å². The van der Waals surface area contributed by atoms with Crippen molar-refractivity contribution in [1.82, 2.24) is 0 Å². The van der Waals surface area contributed by atoms with E-state index < -0.39 is 18.5 Å². The van der Waals surface area contributed by atoms with E-state index in [2.05, 4.69) is 33.4 Å². The van der Waals surface area contributed by atoms with Crippen LogP contribution in [0.1, 0.15) is 41.1 Å². The van der Waals surface area contributed by atoms with Gasteiger partial charge in [0.05, 0.1) is 33.8 Å². The summed E-state index contributed by atoms with van der Waals surface area (Å²) >= 11 is 9.40. The van der Waals surface area contributed by atoms with Crippen molar-refractivity contribution in [2.45, 2.75) is 25.2 Å². The highest BCUT2D eigenvalue weighted by atomic mass is 79.9. The maximum Gasteiger partial charge on any atom is 0.338 e. The number of imide groups is 1. The third-order valence-corrected chi connectivity index (χ3v) is 7.88. The van der Waals surface area contributed by atoms with Crippen molar-refractivity contribution in [2.75, 3.05) is 16.8 Å². The zero-order chi connectivity index (χ0) is 26.8. The Hall–Kier alpha value is -3.49. The van der Waals surface area contributed by atoms with Gasteiger partial charge in [-0.15, -0.1) is 0 Å². The molecule has 5 rings (SSSR count). The molecular formula is C29H24BrClN2O5. The molecular weight excluding hydrogens is 572 g/mol. The Morgan fingerprint density at radius 1 is 0.947 bits per heavy atom. The number of halogens is 2. The molecule has 9 heteroatoms. The molecule has 38 heavy (non-hydrogen) atoms. The monoisotopic (exact) mass is 594 g/mol. The molecule has 194 valence electrons. The van der Waals surface area contributed by atoms with Gasteiger partial charge in [-0.05, 0) is 67.1 Å². The number of nitrogens with one attached hydrogen (secondary N) is 1. The maximum absolute atomic E-state index is 13.4. The van der Waals surface area contributed by atoms with Gasteiger partial charge in [0.2, 0.25) is 11.8 Å². The first-order valence-electron chi connectivity index (χ1n) is 12.3. The molecule has 1 N–H and O–H groups in total. The largest absolute Gasteiger partial charge is 0.452 e. The van der Waals surface area contributed by atoms with E-state index in [0.29, 0.717) is 29.2 Å². The number of ether oxygens (including phenoxy) is 1. The fourth-order valence-electron chi connectivity index (χ4n) is 5.23. The smallest absolute Gasteiger partial charge is 0.338 e. The highest BCUT2D eigenvalue weighted by Gasteiger charge is 2.50. The second kappa shape index (κ2) is 11.1. The molecule has 0 bridgehead atoms. The van der Waals surface area contributed by atoms with Gasteiger partial charge in [0.25, 0.3) is 5.91 Å². The van der Waals surface area contributed by atoms with Gasteiger partial charge in [-0.2, -0.15) is 0 Å². The van der Waals surface area contributed by atoms with E-state index in [0.717, 1.165) is 10.9 Å². The van der Waals surface area contributed by atoms with Crippen molar-refractivity contribution in [2.24, 2.45) is 11.8 Å². The number of amides is 3. The highest BCUT2D eigenvalue weighted by molar-refractivity contribution is 9.10. The van der Waals surface area contributed by atoms with Crippen LogP contribution in [0, 0.1) is 11.8 Å². The van der Waals surface area contributed by atoms with Gasteiger partial charge < -0.3 is 10.1 Å². The lowest BCUT2D eigenvalue weighted by Crippen LogP contribution is -2.31. The van der Waals surface area contributed by atoms with Gasteiger partial charge in [0.15, 0.2) is 6.61 Å². The van der Waals surface area contributed by atoms with Crippen molar-refractivity contribution in [3.8, 4) is 0 Å². The Bertz CT molecular complexity index is 1410. The average molecular weight is 596 g/mol. The van der Waals surface area contributed by atoms with Crippen LogP contribution < -0.4 is 10.2 Å². The number of esters is 1. The van der Waals surface area contributed by atoms with Gasteiger partial charge in [0, 0.05) is 4.47 Å². The van der Waals surface area contributed by atoms with E-state index in [-0.39, 0.29) is 35.1 Å². The fraction of sp³-hybridized carbons (Fsp3) is 0.241. The second-order valence-corrected chi connectivity index (χ2v) is 10.8. The topological polar surface area (TPSA) is 92.8 Å². The highest BCUT2D eigenvalue weighted by Crippen LogP contribution is 2.45. The molecule has 3 amide bonds. The molecule has 1 saturated carbocycles. The quantitative estimate of drug-likeness (QED) is 0.280. The van der Waals surface area contributed by atoms with Gasteiger partial charge in [-0.25, -0.2) is 4.79 Å². The summed E-state index contributed by atoms with van der Waals surface area (Å²) in [5.74, 6) is -2.28. The molecule has 7 nitrogen and oxygen atoms in total. The van der Waals surface area contributed by atoms with Crippen LogP contribution in [0.25, 0.3) is 0 Å². The molecule has 3 aromatic carbocycles. The average Bonchev–Trinajstić information content (AvgIpc) is 3.18. The molecule has 0 radical (unpaired) electrons. The zero-order valence-corrected chi connectivity index (χ0v) is 22.6. The first-order chi connectivity index (χ1) is 18.3. The Labute approximate surface area is 233 Å². The minimum Gasteiger partial charge on any atom is -0.452 e. The summed E-state index contributed by atoms with van der Waals surface area (Å²) in [5, 5.41) is 2.92. The molecule has 1 saturated heterocycles. The molecule has 3 atom stereocenters. The van der Waals surface area contributed by atoms with Crippen LogP contribution in [0.15, 0.2) is 77.3 Å². The molecule has 3 aromatic rings. The molecule has 0 unspecified atom stereocenters. The van der Waals surface area contributed by atoms with Crippen LogP contribution in [0.3, 0.4) is 0 Å². The van der Waals surface area contributed by atoms with Gasteiger partial charge >= 0.3 is 5.97 Å². The van der Waals surface area contributed by atoms with Crippen LogP contribution in [-0.4, -0.2) is 30.3 Å². The summed E-state index contributed by atoms with van der Waals surface area (Å²) in [5.41, 5.74) is 2.03. The SMILES string of the molecule is O=C(COC(=O)c1cccc(N2C(=O)[C@H]3C[C@@H](c4ccccc4)CC[C@H]3C2=O)c1)Nc1ccc(Br)cc1Cl. The van der Waals surface area contributed by atoms with Crippen LogP contribution in [0.4, 0.5) is 11.4 Å². The standard InChI is InChI=1S/C29H24BrClN2O5/c30-20-10-12-25(24(31)15-20)32-26(34)16-38-29(37)19-7-4-8-21(13-19)33-27(35)22-11-9-18(14-23(22)28(33)36)17-5-2-1-3-6-17/h1-8,10,12-13,15,18,22-23H,9,11,14,16H2,(H,32,34)/t18-,22+,23-/m0/s1. The summed E-state index contributed by atoms with van der Waals surface area (Å²) in [6.07, 6.45) is 2.11. The normalized spacial score (nSPS) is 20.7. The van der Waals surface area contributed by atoms with Crippen molar-refractivity contribution in [3.05, 3.63) is 93.4 Å². The third-order valence-electron chi connectivity index (χ3n) is 7.08. The predicted octanol–water partition coefficient (Wildman–Crippen LogP) is 5.97. The summed E-state index contributed by atoms with van der Waals surface area (Å²) < 4.78 is 5.92. The van der Waals surface area contributed by atoms with Crippen LogP contribution >= 0.6 is 27.5 Å². The molecule has 2 aliphatic rings. The number of carbonyl (C=O) groups excluding carboxylic acids is 4. The number of rotatable bonds is 6. The molecule has 0 spiro atoms. The number of anilines is 2. The van der Waals surface area contributed by atoms with Gasteiger partial charge in [-0.3, -0.25) is 19.3 Å². The van der Waals surface area contributed by atoms with E-state index in [9.17, 15) is 19.2 Å². The summed E-state index contributed by atoms with van der Waals surface area (Å²) in [6, 6.07) is 21.2. The summed E-state index contributed by atoms with van der Waals surface area (Å²) in [7, 11) is 0. The first-order valence-corrected chi connectivity index (χ1v) is 13.4. The van der Waals surface area contributed by atoms with E-state index in [4.69, 9.17) is 16.3 Å². The van der Waals surface area contributed by atoms with Gasteiger partial charge in [0.1, 0.15) is 0 Å². The number of hydrogen-bond donors (Lipinski definition) is 1.